The molecule has 1 atom stereocenters. The zero-order valence-electron chi connectivity index (χ0n) is 10.1. The zero-order chi connectivity index (χ0) is 11.8. The lowest BCUT2D eigenvalue weighted by atomic mass is 9.98. The minimum absolute atomic E-state index is 0.394. The molecular weight excluding hydrogens is 202 g/mol. The van der Waals surface area contributed by atoms with Gasteiger partial charge in [0.25, 0.3) is 0 Å². The molecule has 0 aromatic carbocycles. The summed E-state index contributed by atoms with van der Waals surface area (Å²) in [7, 11) is 0. The largest absolute Gasteiger partial charge is 0.368 e. The lowest BCUT2D eigenvalue weighted by Crippen LogP contribution is -2.51. The number of carbonyl (C=O) groups excluding carboxylic acids is 1. The molecule has 4 heteroatoms. The Morgan fingerprint density at radius 2 is 2.00 bits per heavy atom. The Balaban J connectivity index is 1.78. The Morgan fingerprint density at radius 1 is 1.38 bits per heavy atom. The first-order valence-electron chi connectivity index (χ1n) is 6.32. The van der Waals surface area contributed by atoms with Crippen LogP contribution in [0.25, 0.3) is 0 Å². The fourth-order valence-corrected chi connectivity index (χ4v) is 1.99. The second-order valence-corrected chi connectivity index (χ2v) is 5.70. The summed E-state index contributed by atoms with van der Waals surface area (Å²) in [6.07, 6.45) is 6.04. The van der Waals surface area contributed by atoms with Gasteiger partial charge in [-0.25, -0.2) is 0 Å². The van der Waals surface area contributed by atoms with Crippen molar-refractivity contribution in [3.8, 4) is 0 Å². The summed E-state index contributed by atoms with van der Waals surface area (Å²) in [5, 5.41) is 0. The molecule has 2 rings (SSSR count). The van der Waals surface area contributed by atoms with Crippen LogP contribution >= 0.6 is 0 Å². The van der Waals surface area contributed by atoms with E-state index in [0.717, 1.165) is 18.5 Å². The topological polar surface area (TPSA) is 72.3 Å². The van der Waals surface area contributed by atoms with Gasteiger partial charge in [0.15, 0.2) is 0 Å². The van der Waals surface area contributed by atoms with E-state index in [1.54, 1.807) is 6.92 Å². The predicted molar refractivity (Wildman–Crippen MR) is 63.7 cm³/mol. The highest BCUT2D eigenvalue weighted by atomic mass is 16.1. The average Bonchev–Trinajstić information content (AvgIpc) is 3.02. The molecule has 0 bridgehead atoms. The van der Waals surface area contributed by atoms with E-state index >= 15 is 0 Å². The summed E-state index contributed by atoms with van der Waals surface area (Å²) in [4.78, 5) is 13.6. The zero-order valence-corrected chi connectivity index (χ0v) is 10.1. The van der Waals surface area contributed by atoms with Crippen molar-refractivity contribution < 1.29 is 4.79 Å². The smallest absolute Gasteiger partial charge is 0.237 e. The molecule has 2 fully saturated rings. The third-order valence-corrected chi connectivity index (χ3v) is 3.73. The van der Waals surface area contributed by atoms with E-state index < -0.39 is 11.4 Å². The van der Waals surface area contributed by atoms with Crippen molar-refractivity contribution in [2.24, 2.45) is 17.4 Å². The Morgan fingerprint density at radius 3 is 2.44 bits per heavy atom. The molecule has 0 aromatic heterocycles. The van der Waals surface area contributed by atoms with Crippen LogP contribution in [0, 0.1) is 5.92 Å². The number of hydrogen-bond acceptors (Lipinski definition) is 3. The molecule has 2 saturated carbocycles. The molecule has 0 heterocycles. The number of primary amides is 1. The van der Waals surface area contributed by atoms with Gasteiger partial charge in [0.1, 0.15) is 0 Å². The molecule has 4 N–H and O–H groups in total. The maximum atomic E-state index is 11.1. The fourth-order valence-electron chi connectivity index (χ4n) is 1.99. The number of amides is 1. The predicted octanol–water partition coefficient (Wildman–Crippen LogP) is 0.454. The lowest BCUT2D eigenvalue weighted by molar-refractivity contribution is -0.122. The minimum atomic E-state index is -0.851. The molecule has 0 radical (unpaired) electrons. The van der Waals surface area contributed by atoms with Crippen LogP contribution in [0.5, 0.6) is 0 Å². The van der Waals surface area contributed by atoms with E-state index in [1.165, 1.54) is 32.2 Å². The Bertz CT molecular complexity index is 269. The van der Waals surface area contributed by atoms with E-state index in [1.807, 2.05) is 0 Å². The molecule has 16 heavy (non-hydrogen) atoms. The van der Waals surface area contributed by atoms with Gasteiger partial charge in [-0.1, -0.05) is 0 Å². The molecule has 0 saturated heterocycles. The summed E-state index contributed by atoms with van der Waals surface area (Å²) in [5.41, 5.74) is 10.3. The standard InChI is InChI=1S/C12H23N3O/c1-12(14,11(13)16)6-7-15(10-4-5-10)8-9-2-3-9/h9-10H,2-8,14H2,1H3,(H2,13,16). The molecule has 2 aliphatic rings. The van der Waals surface area contributed by atoms with Crippen molar-refractivity contribution in [1.82, 2.24) is 4.90 Å². The molecule has 0 spiro atoms. The number of hydrogen-bond donors (Lipinski definition) is 2. The quantitative estimate of drug-likeness (QED) is 0.661. The molecular formula is C12H23N3O. The average molecular weight is 225 g/mol. The maximum absolute atomic E-state index is 11.1. The fraction of sp³-hybridized carbons (Fsp3) is 0.917. The Hall–Kier alpha value is -0.610. The number of carbonyl (C=O) groups is 1. The van der Waals surface area contributed by atoms with E-state index in [0.29, 0.717) is 6.42 Å². The van der Waals surface area contributed by atoms with Gasteiger partial charge in [0.2, 0.25) is 5.91 Å². The van der Waals surface area contributed by atoms with Crippen molar-refractivity contribution in [3.05, 3.63) is 0 Å². The first-order valence-corrected chi connectivity index (χ1v) is 6.32. The van der Waals surface area contributed by atoms with E-state index in [9.17, 15) is 4.79 Å². The van der Waals surface area contributed by atoms with Gasteiger partial charge in [-0.2, -0.15) is 0 Å². The molecule has 92 valence electrons. The third kappa shape index (κ3) is 3.19. The molecule has 1 amide bonds. The van der Waals surface area contributed by atoms with E-state index in [2.05, 4.69) is 4.90 Å². The van der Waals surface area contributed by atoms with Crippen molar-refractivity contribution in [3.63, 3.8) is 0 Å². The van der Waals surface area contributed by atoms with Crippen molar-refractivity contribution in [1.29, 1.82) is 0 Å². The highest BCUT2D eigenvalue weighted by molar-refractivity contribution is 5.83. The van der Waals surface area contributed by atoms with Gasteiger partial charge in [-0.05, 0) is 44.9 Å². The molecule has 0 aliphatic heterocycles. The summed E-state index contributed by atoms with van der Waals surface area (Å²) < 4.78 is 0. The first-order chi connectivity index (χ1) is 7.49. The summed E-state index contributed by atoms with van der Waals surface area (Å²) in [5.74, 6) is 0.507. The van der Waals surface area contributed by atoms with Gasteiger partial charge >= 0.3 is 0 Å². The second-order valence-electron chi connectivity index (χ2n) is 5.70. The van der Waals surface area contributed by atoms with Crippen LogP contribution in [0.15, 0.2) is 0 Å². The van der Waals surface area contributed by atoms with Gasteiger partial charge < -0.3 is 16.4 Å². The monoisotopic (exact) mass is 225 g/mol. The van der Waals surface area contributed by atoms with Crippen LogP contribution in [0.2, 0.25) is 0 Å². The summed E-state index contributed by atoms with van der Waals surface area (Å²) in [6, 6.07) is 0.754. The van der Waals surface area contributed by atoms with E-state index in [4.69, 9.17) is 11.5 Å². The lowest BCUT2D eigenvalue weighted by Gasteiger charge is -2.27. The third-order valence-electron chi connectivity index (χ3n) is 3.73. The van der Waals surface area contributed by atoms with Crippen molar-refractivity contribution in [2.75, 3.05) is 13.1 Å². The molecule has 2 aliphatic carbocycles. The van der Waals surface area contributed by atoms with Crippen LogP contribution < -0.4 is 11.5 Å². The number of nitrogens with two attached hydrogens (primary N) is 2. The van der Waals surface area contributed by atoms with Crippen LogP contribution in [-0.2, 0) is 4.79 Å². The van der Waals surface area contributed by atoms with Gasteiger partial charge in [-0.3, -0.25) is 4.79 Å². The molecule has 0 aromatic rings. The normalized spacial score (nSPS) is 24.4. The van der Waals surface area contributed by atoms with Crippen LogP contribution in [0.3, 0.4) is 0 Å². The maximum Gasteiger partial charge on any atom is 0.237 e. The number of nitrogens with zero attached hydrogens (tertiary/aromatic N) is 1. The van der Waals surface area contributed by atoms with Crippen molar-refractivity contribution >= 4 is 5.91 Å². The first kappa shape index (κ1) is 11.9. The van der Waals surface area contributed by atoms with Crippen LogP contribution in [0.1, 0.15) is 39.0 Å². The van der Waals surface area contributed by atoms with Crippen LogP contribution in [-0.4, -0.2) is 35.5 Å². The second kappa shape index (κ2) is 4.34. The van der Waals surface area contributed by atoms with E-state index in [-0.39, 0.29) is 0 Å². The van der Waals surface area contributed by atoms with Gasteiger partial charge in [0, 0.05) is 19.1 Å². The SMILES string of the molecule is CC(N)(CCN(CC1CC1)C1CC1)C(N)=O. The summed E-state index contributed by atoms with van der Waals surface area (Å²) >= 11 is 0. The Kier molecular flexibility index (Phi) is 3.22. The molecule has 4 nitrogen and oxygen atoms in total. The highest BCUT2D eigenvalue weighted by Gasteiger charge is 2.35. The van der Waals surface area contributed by atoms with Gasteiger partial charge in [-0.15, -0.1) is 0 Å². The van der Waals surface area contributed by atoms with Crippen molar-refractivity contribution in [2.45, 2.75) is 50.6 Å². The highest BCUT2D eigenvalue weighted by Crippen LogP contribution is 2.35. The Labute approximate surface area is 97.3 Å². The number of rotatable bonds is 7. The van der Waals surface area contributed by atoms with Crippen LogP contribution in [0.4, 0.5) is 0 Å². The molecule has 1 unspecified atom stereocenters. The van der Waals surface area contributed by atoms with Gasteiger partial charge in [0.05, 0.1) is 5.54 Å². The summed E-state index contributed by atoms with van der Waals surface area (Å²) in [6.45, 7) is 3.84. The minimum Gasteiger partial charge on any atom is -0.368 e.